The van der Waals surface area contributed by atoms with Gasteiger partial charge in [-0.05, 0) is 6.07 Å². The van der Waals surface area contributed by atoms with Crippen LogP contribution in [0.2, 0.25) is 0 Å². The molecule has 0 aliphatic carbocycles. The van der Waals surface area contributed by atoms with Crippen LogP contribution in [0.3, 0.4) is 0 Å². The van der Waals surface area contributed by atoms with E-state index in [0.29, 0.717) is 13.1 Å². The van der Waals surface area contributed by atoms with Gasteiger partial charge >= 0.3 is 6.18 Å². The second-order valence-corrected chi connectivity index (χ2v) is 4.63. The lowest BCUT2D eigenvalue weighted by molar-refractivity contribution is -0.188. The van der Waals surface area contributed by atoms with Gasteiger partial charge in [0.2, 0.25) is 0 Å². The van der Waals surface area contributed by atoms with Gasteiger partial charge < -0.3 is 15.2 Å². The highest BCUT2D eigenvalue weighted by Gasteiger charge is 2.46. The quantitative estimate of drug-likeness (QED) is 0.895. The number of nitrogens with one attached hydrogen (secondary N) is 1. The summed E-state index contributed by atoms with van der Waals surface area (Å²) < 4.78 is 45.1. The van der Waals surface area contributed by atoms with Crippen LogP contribution >= 0.6 is 12.4 Å². The lowest BCUT2D eigenvalue weighted by atomic mass is 10.0. The van der Waals surface area contributed by atoms with Gasteiger partial charge in [0.15, 0.2) is 11.5 Å². The van der Waals surface area contributed by atoms with Gasteiger partial charge in [-0.1, -0.05) is 12.1 Å². The molecular weight excluding hydrogens is 309 g/mol. The summed E-state index contributed by atoms with van der Waals surface area (Å²) in [7, 11) is 1.31. The van der Waals surface area contributed by atoms with E-state index >= 15 is 0 Å². The van der Waals surface area contributed by atoms with Crippen LogP contribution in [0.4, 0.5) is 13.2 Å². The first-order chi connectivity index (χ1) is 9.45. The average molecular weight is 327 g/mol. The van der Waals surface area contributed by atoms with Crippen molar-refractivity contribution in [3.8, 4) is 11.5 Å². The van der Waals surface area contributed by atoms with Crippen molar-refractivity contribution in [2.45, 2.75) is 12.2 Å². The third kappa shape index (κ3) is 3.93. The third-order valence-corrected chi connectivity index (χ3v) is 3.37. The number of piperazine rings is 1. The summed E-state index contributed by atoms with van der Waals surface area (Å²) in [5.74, 6) is -0.400. The summed E-state index contributed by atoms with van der Waals surface area (Å²) >= 11 is 0. The smallest absolute Gasteiger partial charge is 0.408 e. The molecule has 21 heavy (non-hydrogen) atoms. The molecule has 120 valence electrons. The first-order valence-electron chi connectivity index (χ1n) is 6.32. The van der Waals surface area contributed by atoms with E-state index in [1.54, 1.807) is 0 Å². The number of methoxy groups -OCH3 is 1. The molecule has 0 bridgehead atoms. The van der Waals surface area contributed by atoms with Gasteiger partial charge in [0.25, 0.3) is 0 Å². The van der Waals surface area contributed by atoms with E-state index in [9.17, 15) is 18.3 Å². The fraction of sp³-hybridized carbons (Fsp3) is 0.538. The van der Waals surface area contributed by atoms with Crippen LogP contribution < -0.4 is 10.1 Å². The number of rotatable bonds is 3. The minimum absolute atomic E-state index is 0. The van der Waals surface area contributed by atoms with Gasteiger partial charge in [-0.25, -0.2) is 0 Å². The molecule has 1 aliphatic heterocycles. The van der Waals surface area contributed by atoms with Crippen molar-refractivity contribution < 1.29 is 23.0 Å². The largest absolute Gasteiger partial charge is 0.504 e. The van der Waals surface area contributed by atoms with Crippen LogP contribution in [0.1, 0.15) is 11.6 Å². The zero-order chi connectivity index (χ0) is 14.8. The van der Waals surface area contributed by atoms with Gasteiger partial charge in [0, 0.05) is 31.7 Å². The molecule has 4 nitrogen and oxygen atoms in total. The minimum Gasteiger partial charge on any atom is -0.504 e. The Bertz CT molecular complexity index is 465. The fourth-order valence-corrected chi connectivity index (χ4v) is 2.45. The Kier molecular flexibility index (Phi) is 6.12. The Labute approximate surface area is 127 Å². The summed E-state index contributed by atoms with van der Waals surface area (Å²) in [6, 6.07) is 2.36. The van der Waals surface area contributed by atoms with Crippen molar-refractivity contribution in [1.82, 2.24) is 10.2 Å². The first-order valence-corrected chi connectivity index (χ1v) is 6.32. The number of halogens is 4. The number of nitrogens with zero attached hydrogens (tertiary/aromatic N) is 1. The summed E-state index contributed by atoms with van der Waals surface area (Å²) in [5, 5.41) is 13.0. The fourth-order valence-electron chi connectivity index (χ4n) is 2.45. The number of para-hydroxylation sites is 1. The Balaban J connectivity index is 0.00000220. The number of phenolic OH excluding ortho intramolecular Hbond substituents is 1. The maximum atomic E-state index is 13.4. The molecule has 1 aromatic rings. The number of aromatic hydroxyl groups is 1. The summed E-state index contributed by atoms with van der Waals surface area (Å²) in [4.78, 5) is 1.32. The van der Waals surface area contributed by atoms with Crippen molar-refractivity contribution in [3.63, 3.8) is 0 Å². The second kappa shape index (κ2) is 7.20. The number of ether oxygens (including phenoxy) is 1. The van der Waals surface area contributed by atoms with Gasteiger partial charge in [-0.15, -0.1) is 12.4 Å². The SMILES string of the molecule is COc1cccc([C@@H](N2CCNCC2)C(F)(F)F)c1O.Cl. The summed E-state index contributed by atoms with van der Waals surface area (Å²) in [6.07, 6.45) is -4.46. The highest BCUT2D eigenvalue weighted by molar-refractivity contribution is 5.85. The van der Waals surface area contributed by atoms with Gasteiger partial charge in [0.05, 0.1) is 7.11 Å². The standard InChI is InChI=1S/C13H17F3N2O2.ClH/c1-20-10-4-2-3-9(11(10)19)12(13(14,15)16)18-7-5-17-6-8-18;/h2-4,12,17,19H,5-8H2,1H3;1H/t12-;/m1./s1. The van der Waals surface area contributed by atoms with E-state index in [1.165, 1.54) is 30.2 Å². The molecule has 0 spiro atoms. The van der Waals surface area contributed by atoms with E-state index in [-0.39, 0.29) is 36.8 Å². The zero-order valence-electron chi connectivity index (χ0n) is 11.5. The summed E-state index contributed by atoms with van der Waals surface area (Å²) in [6.45, 7) is 1.55. The van der Waals surface area contributed by atoms with E-state index in [2.05, 4.69) is 5.32 Å². The predicted octanol–water partition coefficient (Wildman–Crippen LogP) is 2.33. The molecule has 8 heteroatoms. The van der Waals surface area contributed by atoms with Crippen molar-refractivity contribution in [3.05, 3.63) is 23.8 Å². The number of hydrogen-bond donors (Lipinski definition) is 2. The Hall–Kier alpha value is -1.18. The summed E-state index contributed by atoms with van der Waals surface area (Å²) in [5.41, 5.74) is -0.168. The maximum Gasteiger partial charge on any atom is 0.408 e. The molecule has 0 saturated carbocycles. The normalized spacial score (nSPS) is 17.9. The van der Waals surface area contributed by atoms with Gasteiger partial charge in [-0.3, -0.25) is 4.90 Å². The molecule has 2 rings (SSSR count). The molecule has 1 aromatic carbocycles. The average Bonchev–Trinajstić information content (AvgIpc) is 2.41. The lowest BCUT2D eigenvalue weighted by Gasteiger charge is -2.36. The minimum atomic E-state index is -4.46. The number of alkyl halides is 3. The number of hydrogen-bond acceptors (Lipinski definition) is 4. The van der Waals surface area contributed by atoms with Crippen LogP contribution in [0, 0.1) is 0 Å². The van der Waals surface area contributed by atoms with E-state index < -0.39 is 18.0 Å². The van der Waals surface area contributed by atoms with Crippen LogP contribution in [0.5, 0.6) is 11.5 Å². The Morgan fingerprint density at radius 3 is 2.43 bits per heavy atom. The molecule has 1 atom stereocenters. The molecule has 1 saturated heterocycles. The molecule has 1 fully saturated rings. The van der Waals surface area contributed by atoms with Crippen LogP contribution in [-0.2, 0) is 0 Å². The number of benzene rings is 1. The molecule has 0 amide bonds. The topological polar surface area (TPSA) is 44.7 Å². The number of phenols is 1. The Morgan fingerprint density at radius 2 is 1.90 bits per heavy atom. The van der Waals surface area contributed by atoms with Crippen molar-refractivity contribution in [2.75, 3.05) is 33.3 Å². The third-order valence-electron chi connectivity index (χ3n) is 3.37. The monoisotopic (exact) mass is 326 g/mol. The first kappa shape index (κ1) is 17.9. The van der Waals surface area contributed by atoms with Crippen molar-refractivity contribution >= 4 is 12.4 Å². The van der Waals surface area contributed by atoms with Crippen LogP contribution in [-0.4, -0.2) is 49.5 Å². The Morgan fingerprint density at radius 1 is 1.29 bits per heavy atom. The molecular formula is C13H18ClF3N2O2. The molecule has 0 unspecified atom stereocenters. The van der Waals surface area contributed by atoms with Crippen molar-refractivity contribution in [1.29, 1.82) is 0 Å². The highest BCUT2D eigenvalue weighted by Crippen LogP contribution is 2.44. The molecule has 0 aromatic heterocycles. The molecule has 0 radical (unpaired) electrons. The molecule has 2 N–H and O–H groups in total. The van der Waals surface area contributed by atoms with E-state index in [4.69, 9.17) is 4.74 Å². The molecule has 1 aliphatic rings. The van der Waals surface area contributed by atoms with E-state index in [1.807, 2.05) is 0 Å². The van der Waals surface area contributed by atoms with Gasteiger partial charge in [0.1, 0.15) is 6.04 Å². The van der Waals surface area contributed by atoms with Crippen molar-refractivity contribution in [2.24, 2.45) is 0 Å². The second-order valence-electron chi connectivity index (χ2n) is 4.63. The van der Waals surface area contributed by atoms with E-state index in [0.717, 1.165) is 0 Å². The van der Waals surface area contributed by atoms with Crippen LogP contribution in [0.15, 0.2) is 18.2 Å². The maximum absolute atomic E-state index is 13.4. The predicted molar refractivity (Wildman–Crippen MR) is 75.1 cm³/mol. The highest BCUT2D eigenvalue weighted by atomic mass is 35.5. The lowest BCUT2D eigenvalue weighted by Crippen LogP contribution is -2.49. The van der Waals surface area contributed by atoms with Crippen LogP contribution in [0.25, 0.3) is 0 Å². The molecule has 1 heterocycles. The zero-order valence-corrected chi connectivity index (χ0v) is 12.3. The van der Waals surface area contributed by atoms with Gasteiger partial charge in [-0.2, -0.15) is 13.2 Å².